The number of fused-ring (bicyclic) bond motifs is 1. The fourth-order valence-corrected chi connectivity index (χ4v) is 3.36. The van der Waals surface area contributed by atoms with E-state index in [4.69, 9.17) is 9.47 Å². The van der Waals surface area contributed by atoms with E-state index < -0.39 is 0 Å². The second kappa shape index (κ2) is 9.94. The molecule has 3 aromatic rings. The number of amides is 1. The number of nitrogens with zero attached hydrogens (tertiary/aromatic N) is 1. The van der Waals surface area contributed by atoms with Gasteiger partial charge in [0, 0.05) is 32.2 Å². The zero-order valence-corrected chi connectivity index (χ0v) is 17.1. The molecular weight excluding hydrogens is 364 g/mol. The SMILES string of the molecule is C=CCOc1cccc2c1cc(C(=O)NCCCOC)n2Cc1ccccc1C. The predicted octanol–water partition coefficient (Wildman–Crippen LogP) is 4.33. The summed E-state index contributed by atoms with van der Waals surface area (Å²) in [5.41, 5.74) is 3.96. The van der Waals surface area contributed by atoms with Gasteiger partial charge in [-0.2, -0.15) is 0 Å². The minimum atomic E-state index is -0.0967. The summed E-state index contributed by atoms with van der Waals surface area (Å²) in [6.45, 7) is 8.02. The summed E-state index contributed by atoms with van der Waals surface area (Å²) in [5.74, 6) is 0.653. The monoisotopic (exact) mass is 392 g/mol. The molecule has 0 spiro atoms. The van der Waals surface area contributed by atoms with Gasteiger partial charge in [0.15, 0.2) is 0 Å². The Morgan fingerprint density at radius 1 is 1.21 bits per heavy atom. The lowest BCUT2D eigenvalue weighted by Gasteiger charge is -2.13. The van der Waals surface area contributed by atoms with E-state index in [1.807, 2.05) is 36.4 Å². The van der Waals surface area contributed by atoms with E-state index in [2.05, 4.69) is 35.5 Å². The molecule has 5 heteroatoms. The number of benzene rings is 2. The Kier molecular flexibility index (Phi) is 7.09. The van der Waals surface area contributed by atoms with Crippen LogP contribution in [0.2, 0.25) is 0 Å². The van der Waals surface area contributed by atoms with Crippen LogP contribution in [0.1, 0.15) is 28.0 Å². The summed E-state index contributed by atoms with van der Waals surface area (Å²) in [7, 11) is 1.66. The molecule has 0 saturated heterocycles. The third-order valence-corrected chi connectivity index (χ3v) is 4.90. The average Bonchev–Trinajstić information content (AvgIpc) is 3.10. The molecule has 0 atom stereocenters. The van der Waals surface area contributed by atoms with E-state index in [1.165, 1.54) is 11.1 Å². The maximum Gasteiger partial charge on any atom is 0.267 e. The van der Waals surface area contributed by atoms with Gasteiger partial charge in [-0.15, -0.1) is 0 Å². The van der Waals surface area contributed by atoms with Crippen molar-refractivity contribution < 1.29 is 14.3 Å². The van der Waals surface area contributed by atoms with Gasteiger partial charge in [-0.1, -0.05) is 43.0 Å². The number of ether oxygens (including phenoxy) is 2. The fourth-order valence-electron chi connectivity index (χ4n) is 3.36. The fraction of sp³-hybridized carbons (Fsp3) is 0.292. The smallest absolute Gasteiger partial charge is 0.267 e. The quantitative estimate of drug-likeness (QED) is 0.413. The molecular formula is C24H28N2O3. The maximum absolute atomic E-state index is 13.0. The zero-order valence-electron chi connectivity index (χ0n) is 17.1. The van der Waals surface area contributed by atoms with Crippen LogP contribution in [0.5, 0.6) is 5.75 Å². The molecule has 0 bridgehead atoms. The summed E-state index contributed by atoms with van der Waals surface area (Å²) in [4.78, 5) is 13.0. The molecule has 29 heavy (non-hydrogen) atoms. The molecule has 5 nitrogen and oxygen atoms in total. The minimum Gasteiger partial charge on any atom is -0.489 e. The van der Waals surface area contributed by atoms with Crippen LogP contribution >= 0.6 is 0 Å². The van der Waals surface area contributed by atoms with Crippen LogP contribution in [0.4, 0.5) is 0 Å². The molecule has 0 fully saturated rings. The van der Waals surface area contributed by atoms with E-state index in [1.54, 1.807) is 13.2 Å². The van der Waals surface area contributed by atoms with Gasteiger partial charge in [-0.05, 0) is 42.7 Å². The first-order valence-corrected chi connectivity index (χ1v) is 9.83. The van der Waals surface area contributed by atoms with Crippen LogP contribution in [0, 0.1) is 6.92 Å². The zero-order chi connectivity index (χ0) is 20.6. The molecule has 0 aliphatic heterocycles. The van der Waals surface area contributed by atoms with Crippen molar-refractivity contribution in [1.82, 2.24) is 9.88 Å². The predicted molar refractivity (Wildman–Crippen MR) is 117 cm³/mol. The molecule has 1 heterocycles. The summed E-state index contributed by atoms with van der Waals surface area (Å²) in [6, 6.07) is 16.0. The summed E-state index contributed by atoms with van der Waals surface area (Å²) in [5, 5.41) is 3.92. The Hall–Kier alpha value is -3.05. The lowest BCUT2D eigenvalue weighted by molar-refractivity contribution is 0.0940. The van der Waals surface area contributed by atoms with Crippen molar-refractivity contribution in [3.63, 3.8) is 0 Å². The van der Waals surface area contributed by atoms with Crippen LogP contribution < -0.4 is 10.1 Å². The van der Waals surface area contributed by atoms with E-state index >= 15 is 0 Å². The van der Waals surface area contributed by atoms with Crippen molar-refractivity contribution in [2.45, 2.75) is 19.9 Å². The Balaban J connectivity index is 2.01. The number of carbonyl (C=O) groups is 1. The van der Waals surface area contributed by atoms with Crippen molar-refractivity contribution in [2.24, 2.45) is 0 Å². The normalized spacial score (nSPS) is 10.8. The van der Waals surface area contributed by atoms with Gasteiger partial charge in [0.05, 0.1) is 5.52 Å². The van der Waals surface area contributed by atoms with Gasteiger partial charge >= 0.3 is 0 Å². The number of rotatable bonds is 10. The van der Waals surface area contributed by atoms with E-state index in [0.717, 1.165) is 23.1 Å². The first kappa shape index (κ1) is 20.7. The number of methoxy groups -OCH3 is 1. The second-order valence-electron chi connectivity index (χ2n) is 6.93. The molecule has 2 aromatic carbocycles. The summed E-state index contributed by atoms with van der Waals surface area (Å²) in [6.07, 6.45) is 2.49. The highest BCUT2D eigenvalue weighted by molar-refractivity contribution is 6.00. The van der Waals surface area contributed by atoms with Gasteiger partial charge in [-0.3, -0.25) is 4.79 Å². The highest BCUT2D eigenvalue weighted by atomic mass is 16.5. The van der Waals surface area contributed by atoms with Gasteiger partial charge in [0.1, 0.15) is 18.1 Å². The lowest BCUT2D eigenvalue weighted by Crippen LogP contribution is -2.27. The van der Waals surface area contributed by atoms with Crippen LogP contribution in [-0.2, 0) is 11.3 Å². The number of nitrogens with one attached hydrogen (secondary N) is 1. The third kappa shape index (κ3) is 4.87. The van der Waals surface area contributed by atoms with E-state index in [9.17, 15) is 4.79 Å². The summed E-state index contributed by atoms with van der Waals surface area (Å²) < 4.78 is 12.9. The van der Waals surface area contributed by atoms with E-state index in [-0.39, 0.29) is 5.91 Å². The van der Waals surface area contributed by atoms with Gasteiger partial charge < -0.3 is 19.4 Å². The average molecular weight is 392 g/mol. The summed E-state index contributed by atoms with van der Waals surface area (Å²) >= 11 is 0. The largest absolute Gasteiger partial charge is 0.489 e. The highest BCUT2D eigenvalue weighted by Gasteiger charge is 2.18. The van der Waals surface area contributed by atoms with Crippen LogP contribution in [0.3, 0.4) is 0 Å². The van der Waals surface area contributed by atoms with E-state index in [0.29, 0.717) is 32.0 Å². The first-order chi connectivity index (χ1) is 14.2. The number of hydrogen-bond acceptors (Lipinski definition) is 3. The molecule has 1 amide bonds. The van der Waals surface area contributed by atoms with Crippen molar-refractivity contribution in [2.75, 3.05) is 26.9 Å². The second-order valence-corrected chi connectivity index (χ2v) is 6.93. The molecule has 0 aliphatic rings. The topological polar surface area (TPSA) is 52.5 Å². The molecule has 1 N–H and O–H groups in total. The molecule has 0 saturated carbocycles. The highest BCUT2D eigenvalue weighted by Crippen LogP contribution is 2.30. The Labute approximate surface area is 171 Å². The third-order valence-electron chi connectivity index (χ3n) is 4.90. The maximum atomic E-state index is 13.0. The van der Waals surface area contributed by atoms with Crippen LogP contribution in [0.25, 0.3) is 10.9 Å². The lowest BCUT2D eigenvalue weighted by atomic mass is 10.1. The molecule has 0 radical (unpaired) electrons. The molecule has 152 valence electrons. The van der Waals surface area contributed by atoms with Crippen molar-refractivity contribution in [3.8, 4) is 5.75 Å². The molecule has 0 unspecified atom stereocenters. The van der Waals surface area contributed by atoms with Crippen LogP contribution in [0.15, 0.2) is 61.2 Å². The first-order valence-electron chi connectivity index (χ1n) is 9.83. The Morgan fingerprint density at radius 2 is 2.03 bits per heavy atom. The molecule has 1 aromatic heterocycles. The molecule has 0 aliphatic carbocycles. The van der Waals surface area contributed by atoms with Crippen LogP contribution in [-0.4, -0.2) is 37.3 Å². The van der Waals surface area contributed by atoms with Crippen molar-refractivity contribution in [3.05, 3.63) is 78.0 Å². The van der Waals surface area contributed by atoms with Gasteiger partial charge in [-0.25, -0.2) is 0 Å². The van der Waals surface area contributed by atoms with Crippen molar-refractivity contribution >= 4 is 16.8 Å². The Bertz CT molecular complexity index is 991. The number of aromatic nitrogens is 1. The molecule has 3 rings (SSSR count). The Morgan fingerprint density at radius 3 is 2.79 bits per heavy atom. The standard InChI is InChI=1S/C24H28N2O3/c1-4-14-29-23-12-7-11-21-20(23)16-22(24(27)25-13-8-15-28-3)26(21)17-19-10-6-5-9-18(19)2/h4-7,9-12,16H,1,8,13-15,17H2,2-3H3,(H,25,27). The number of hydrogen-bond donors (Lipinski definition) is 1. The van der Waals surface area contributed by atoms with Gasteiger partial charge in [0.25, 0.3) is 5.91 Å². The number of carbonyl (C=O) groups excluding carboxylic acids is 1. The minimum absolute atomic E-state index is 0.0967. The van der Waals surface area contributed by atoms with Crippen molar-refractivity contribution in [1.29, 1.82) is 0 Å². The number of aryl methyl sites for hydroxylation is 1. The van der Waals surface area contributed by atoms with Gasteiger partial charge in [0.2, 0.25) is 0 Å².